The summed E-state index contributed by atoms with van der Waals surface area (Å²) in [7, 11) is 0. The van der Waals surface area contributed by atoms with Crippen LogP contribution in [0.3, 0.4) is 0 Å². The van der Waals surface area contributed by atoms with E-state index in [1.807, 2.05) is 0 Å². The zero-order chi connectivity index (χ0) is 11.2. The molecule has 3 heteroatoms. The summed E-state index contributed by atoms with van der Waals surface area (Å²) in [5.41, 5.74) is 0. The number of nitrogens with one attached hydrogen (secondary N) is 1. The van der Waals surface area contributed by atoms with Gasteiger partial charge in [0.05, 0.1) is 6.10 Å². The van der Waals surface area contributed by atoms with Crippen molar-refractivity contribution in [2.24, 2.45) is 0 Å². The Kier molecular flexibility index (Phi) is 4.82. The highest BCUT2D eigenvalue weighted by atomic mass is 16.3. The Bertz CT molecular complexity index is 224. The molecule has 0 bridgehead atoms. The summed E-state index contributed by atoms with van der Waals surface area (Å²) in [5.74, 6) is 0. The molecular formula is C13H24N2O. The number of allylic oxidation sites excluding steroid dienone is 1. The van der Waals surface area contributed by atoms with Gasteiger partial charge in [0.25, 0.3) is 0 Å². The molecule has 0 aromatic carbocycles. The van der Waals surface area contributed by atoms with Crippen molar-refractivity contribution >= 4 is 0 Å². The lowest BCUT2D eigenvalue weighted by Gasteiger charge is -2.24. The Labute approximate surface area is 98.5 Å². The molecule has 0 radical (unpaired) electrons. The molecule has 2 N–H and O–H groups in total. The molecule has 1 fully saturated rings. The summed E-state index contributed by atoms with van der Waals surface area (Å²) in [4.78, 5) is 2.37. The molecule has 3 nitrogen and oxygen atoms in total. The number of rotatable bonds is 5. The van der Waals surface area contributed by atoms with Crippen LogP contribution >= 0.6 is 0 Å². The van der Waals surface area contributed by atoms with Gasteiger partial charge in [-0.15, -0.1) is 0 Å². The lowest BCUT2D eigenvalue weighted by atomic mass is 10.0. The minimum absolute atomic E-state index is 0.205. The number of nitrogens with zero attached hydrogens (tertiary/aromatic N) is 1. The topological polar surface area (TPSA) is 35.5 Å². The van der Waals surface area contributed by atoms with Gasteiger partial charge in [0.2, 0.25) is 0 Å². The number of β-amino-alcohol motifs (C(OH)–C–C–N with tert-alkyl or cyclic N) is 1. The standard InChI is InChI=1S/C13H24N2O/c16-13(11-15-8-4-5-9-15)10-14-12-6-2-1-3-7-12/h1-2,12-14,16H,3-11H2. The van der Waals surface area contributed by atoms with E-state index in [2.05, 4.69) is 22.4 Å². The quantitative estimate of drug-likeness (QED) is 0.688. The zero-order valence-corrected chi connectivity index (χ0v) is 10.1. The van der Waals surface area contributed by atoms with Crippen LogP contribution in [0.5, 0.6) is 0 Å². The maximum atomic E-state index is 9.92. The van der Waals surface area contributed by atoms with Crippen LogP contribution in [0.4, 0.5) is 0 Å². The Hall–Kier alpha value is -0.380. The molecule has 0 aromatic heterocycles. The second kappa shape index (κ2) is 6.38. The van der Waals surface area contributed by atoms with E-state index in [0.717, 1.165) is 19.5 Å². The van der Waals surface area contributed by atoms with Crippen molar-refractivity contribution in [3.8, 4) is 0 Å². The monoisotopic (exact) mass is 224 g/mol. The number of hydrogen-bond acceptors (Lipinski definition) is 3. The van der Waals surface area contributed by atoms with Gasteiger partial charge >= 0.3 is 0 Å². The fraction of sp³-hybridized carbons (Fsp3) is 0.846. The van der Waals surface area contributed by atoms with Gasteiger partial charge in [-0.1, -0.05) is 12.2 Å². The average molecular weight is 224 g/mol. The number of aliphatic hydroxyl groups excluding tert-OH is 1. The summed E-state index contributed by atoms with van der Waals surface area (Å²) < 4.78 is 0. The Morgan fingerprint density at radius 3 is 2.81 bits per heavy atom. The van der Waals surface area contributed by atoms with Gasteiger partial charge in [0.1, 0.15) is 0 Å². The normalized spacial score (nSPS) is 28.4. The van der Waals surface area contributed by atoms with Crippen molar-refractivity contribution < 1.29 is 5.11 Å². The maximum Gasteiger partial charge on any atom is 0.0791 e. The highest BCUT2D eigenvalue weighted by molar-refractivity contribution is 4.93. The summed E-state index contributed by atoms with van der Waals surface area (Å²) >= 11 is 0. The van der Waals surface area contributed by atoms with Gasteiger partial charge in [0.15, 0.2) is 0 Å². The van der Waals surface area contributed by atoms with Crippen LogP contribution in [0.25, 0.3) is 0 Å². The van der Waals surface area contributed by atoms with E-state index in [9.17, 15) is 5.11 Å². The minimum Gasteiger partial charge on any atom is -0.390 e. The first-order valence-corrected chi connectivity index (χ1v) is 6.63. The molecule has 2 atom stereocenters. The summed E-state index contributed by atoms with van der Waals surface area (Å²) in [6.07, 6.45) is 10.4. The van der Waals surface area contributed by atoms with Crippen molar-refractivity contribution in [3.05, 3.63) is 12.2 Å². The van der Waals surface area contributed by atoms with E-state index in [1.54, 1.807) is 0 Å². The first kappa shape index (κ1) is 12.1. The number of hydrogen-bond donors (Lipinski definition) is 2. The molecule has 0 amide bonds. The first-order chi connectivity index (χ1) is 7.84. The van der Waals surface area contributed by atoms with Gasteiger partial charge in [-0.25, -0.2) is 0 Å². The molecule has 0 aromatic rings. The van der Waals surface area contributed by atoms with E-state index >= 15 is 0 Å². The third kappa shape index (κ3) is 3.89. The predicted molar refractivity (Wildman–Crippen MR) is 66.5 cm³/mol. The molecule has 0 saturated carbocycles. The van der Waals surface area contributed by atoms with Gasteiger partial charge in [-0.05, 0) is 45.2 Å². The van der Waals surface area contributed by atoms with Crippen molar-refractivity contribution in [3.63, 3.8) is 0 Å². The molecule has 2 unspecified atom stereocenters. The van der Waals surface area contributed by atoms with Crippen molar-refractivity contribution in [2.75, 3.05) is 26.2 Å². The molecule has 1 heterocycles. The molecule has 2 rings (SSSR count). The molecule has 1 saturated heterocycles. The summed E-state index contributed by atoms with van der Waals surface area (Å²) in [6, 6.07) is 0.582. The van der Waals surface area contributed by atoms with E-state index in [4.69, 9.17) is 0 Å². The van der Waals surface area contributed by atoms with Crippen molar-refractivity contribution in [1.29, 1.82) is 0 Å². The lowest BCUT2D eigenvalue weighted by molar-refractivity contribution is 0.120. The molecule has 1 aliphatic heterocycles. The van der Waals surface area contributed by atoms with Crippen LogP contribution in [0, 0.1) is 0 Å². The largest absolute Gasteiger partial charge is 0.390 e. The Morgan fingerprint density at radius 2 is 2.12 bits per heavy atom. The van der Waals surface area contributed by atoms with Crippen LogP contribution in [-0.4, -0.2) is 48.3 Å². The van der Waals surface area contributed by atoms with Crippen LogP contribution in [0.1, 0.15) is 32.1 Å². The third-order valence-electron chi connectivity index (χ3n) is 3.58. The fourth-order valence-corrected chi connectivity index (χ4v) is 2.61. The Morgan fingerprint density at radius 1 is 1.31 bits per heavy atom. The second-order valence-corrected chi connectivity index (χ2v) is 5.05. The van der Waals surface area contributed by atoms with Gasteiger partial charge in [-0.3, -0.25) is 0 Å². The van der Waals surface area contributed by atoms with Crippen molar-refractivity contribution in [2.45, 2.75) is 44.2 Å². The molecule has 92 valence electrons. The minimum atomic E-state index is -0.205. The van der Waals surface area contributed by atoms with Gasteiger partial charge in [0, 0.05) is 19.1 Å². The van der Waals surface area contributed by atoms with Gasteiger partial charge in [-0.2, -0.15) is 0 Å². The maximum absolute atomic E-state index is 9.92. The highest BCUT2D eigenvalue weighted by Crippen LogP contribution is 2.11. The predicted octanol–water partition coefficient (Wildman–Crippen LogP) is 1.14. The molecule has 16 heavy (non-hydrogen) atoms. The lowest BCUT2D eigenvalue weighted by Crippen LogP contribution is -2.41. The highest BCUT2D eigenvalue weighted by Gasteiger charge is 2.16. The summed E-state index contributed by atoms with van der Waals surface area (Å²) in [6.45, 7) is 3.93. The molecule has 1 aliphatic carbocycles. The van der Waals surface area contributed by atoms with Crippen LogP contribution in [0.2, 0.25) is 0 Å². The second-order valence-electron chi connectivity index (χ2n) is 5.05. The van der Waals surface area contributed by atoms with Crippen LogP contribution in [0.15, 0.2) is 12.2 Å². The van der Waals surface area contributed by atoms with Crippen LogP contribution in [-0.2, 0) is 0 Å². The SMILES string of the molecule is OC(CNC1CC=CCC1)CN1CCCC1. The van der Waals surface area contributed by atoms with Crippen LogP contribution < -0.4 is 5.32 Å². The van der Waals surface area contributed by atoms with E-state index in [0.29, 0.717) is 6.04 Å². The molecule has 2 aliphatic rings. The van der Waals surface area contributed by atoms with E-state index in [-0.39, 0.29) is 6.10 Å². The van der Waals surface area contributed by atoms with Crippen molar-refractivity contribution in [1.82, 2.24) is 10.2 Å². The zero-order valence-electron chi connectivity index (χ0n) is 10.1. The average Bonchev–Trinajstić information content (AvgIpc) is 2.81. The number of likely N-dealkylation sites (tertiary alicyclic amines) is 1. The Balaban J connectivity index is 1.59. The molecular weight excluding hydrogens is 200 g/mol. The summed E-state index contributed by atoms with van der Waals surface area (Å²) in [5, 5.41) is 13.4. The van der Waals surface area contributed by atoms with Gasteiger partial charge < -0.3 is 15.3 Å². The number of aliphatic hydroxyl groups is 1. The first-order valence-electron chi connectivity index (χ1n) is 6.63. The third-order valence-corrected chi connectivity index (χ3v) is 3.58. The smallest absolute Gasteiger partial charge is 0.0791 e. The van der Waals surface area contributed by atoms with E-state index in [1.165, 1.54) is 38.8 Å². The molecule has 0 spiro atoms. The fourth-order valence-electron chi connectivity index (χ4n) is 2.61. The van der Waals surface area contributed by atoms with E-state index < -0.39 is 0 Å².